The Kier molecular flexibility index (Phi) is 4.33. The second-order valence-corrected chi connectivity index (χ2v) is 8.13. The van der Waals surface area contributed by atoms with Crippen molar-refractivity contribution in [1.29, 1.82) is 0 Å². The molecule has 4 rings (SSSR count). The minimum atomic E-state index is 0.308. The molecule has 5 heteroatoms. The van der Waals surface area contributed by atoms with Crippen LogP contribution in [0.5, 0.6) is 0 Å². The van der Waals surface area contributed by atoms with Crippen LogP contribution in [0.2, 0.25) is 0 Å². The summed E-state index contributed by atoms with van der Waals surface area (Å²) in [7, 11) is 0. The Morgan fingerprint density at radius 1 is 1.30 bits per heavy atom. The molecule has 4 nitrogen and oxygen atoms in total. The van der Waals surface area contributed by atoms with Crippen molar-refractivity contribution in [3.8, 4) is 0 Å². The van der Waals surface area contributed by atoms with Crippen molar-refractivity contribution in [3.05, 3.63) is 30.2 Å². The van der Waals surface area contributed by atoms with Gasteiger partial charge in [0.1, 0.15) is 0 Å². The topological polar surface area (TPSA) is 42.2 Å². The molecule has 2 heterocycles. The molecule has 2 saturated carbocycles. The molecule has 0 aromatic carbocycles. The highest BCUT2D eigenvalue weighted by Gasteiger charge is 2.48. The Hall–Kier alpha value is -1.07. The van der Waals surface area contributed by atoms with Crippen molar-refractivity contribution in [2.45, 2.75) is 57.0 Å². The van der Waals surface area contributed by atoms with Crippen LogP contribution in [0.15, 0.2) is 24.4 Å². The van der Waals surface area contributed by atoms with Crippen LogP contribution in [0.4, 0.5) is 0 Å². The lowest BCUT2D eigenvalue weighted by molar-refractivity contribution is 0.0620. The highest BCUT2D eigenvalue weighted by molar-refractivity contribution is 7.98. The van der Waals surface area contributed by atoms with E-state index in [0.717, 1.165) is 23.6 Å². The largest absolute Gasteiger partial charge is 0.304 e. The summed E-state index contributed by atoms with van der Waals surface area (Å²) in [4.78, 5) is 0. The first kappa shape index (κ1) is 15.5. The number of thioether (sulfide) groups is 1. The van der Waals surface area contributed by atoms with E-state index in [1.54, 1.807) is 0 Å². The van der Waals surface area contributed by atoms with Crippen molar-refractivity contribution in [1.82, 2.24) is 19.9 Å². The molecule has 0 bridgehead atoms. The van der Waals surface area contributed by atoms with Gasteiger partial charge in [-0.15, -0.1) is 10.2 Å². The van der Waals surface area contributed by atoms with Gasteiger partial charge in [0, 0.05) is 12.2 Å². The summed E-state index contributed by atoms with van der Waals surface area (Å²) >= 11 is 1.91. The van der Waals surface area contributed by atoms with E-state index >= 15 is 0 Å². The monoisotopic (exact) mass is 330 g/mol. The SMILES string of the molecule is CSCCC(NC1CCC12CCCC2)c1nnc2ccccn12. The zero-order chi connectivity index (χ0) is 15.7. The van der Waals surface area contributed by atoms with Crippen LogP contribution in [0.1, 0.15) is 56.8 Å². The van der Waals surface area contributed by atoms with Crippen molar-refractivity contribution in [2.24, 2.45) is 5.41 Å². The summed E-state index contributed by atoms with van der Waals surface area (Å²) in [6.45, 7) is 0. The van der Waals surface area contributed by atoms with Crippen LogP contribution >= 0.6 is 11.8 Å². The normalized spacial score (nSPS) is 24.1. The van der Waals surface area contributed by atoms with Crippen LogP contribution in [0.3, 0.4) is 0 Å². The van der Waals surface area contributed by atoms with Crippen LogP contribution in [0.25, 0.3) is 5.65 Å². The first-order valence-corrected chi connectivity index (χ1v) is 10.3. The average Bonchev–Trinajstić information content (AvgIpc) is 3.22. The molecule has 2 fully saturated rings. The molecule has 0 aliphatic heterocycles. The number of aromatic nitrogens is 3. The molecule has 23 heavy (non-hydrogen) atoms. The minimum Gasteiger partial charge on any atom is -0.304 e. The highest BCUT2D eigenvalue weighted by atomic mass is 32.2. The van der Waals surface area contributed by atoms with Gasteiger partial charge in [0.2, 0.25) is 0 Å². The Balaban J connectivity index is 1.57. The van der Waals surface area contributed by atoms with Crippen LogP contribution < -0.4 is 5.32 Å². The van der Waals surface area contributed by atoms with E-state index in [9.17, 15) is 0 Å². The Bertz CT molecular complexity index is 662. The molecule has 0 radical (unpaired) electrons. The number of nitrogens with zero attached hydrogens (tertiary/aromatic N) is 3. The van der Waals surface area contributed by atoms with Gasteiger partial charge in [0.15, 0.2) is 11.5 Å². The van der Waals surface area contributed by atoms with Crippen LogP contribution in [0, 0.1) is 5.41 Å². The third kappa shape index (κ3) is 2.78. The predicted octanol–water partition coefficient (Wildman–Crippen LogP) is 3.84. The van der Waals surface area contributed by atoms with E-state index in [1.165, 1.54) is 38.5 Å². The standard InChI is InChI=1S/C18H26N4S/c1-23-13-8-14(17-21-20-16-6-2-5-12-22(16)17)19-15-7-11-18(15)9-3-4-10-18/h2,5-6,12,14-15,19H,3-4,7-11,13H2,1H3. The lowest BCUT2D eigenvalue weighted by atomic mass is 9.63. The van der Waals surface area contributed by atoms with E-state index in [-0.39, 0.29) is 0 Å². The fourth-order valence-electron chi connectivity index (χ4n) is 4.50. The third-order valence-corrected chi connectivity index (χ3v) is 6.58. The molecule has 2 unspecified atom stereocenters. The van der Waals surface area contributed by atoms with Gasteiger partial charge in [-0.3, -0.25) is 4.40 Å². The summed E-state index contributed by atoms with van der Waals surface area (Å²) in [5.41, 5.74) is 1.54. The Morgan fingerprint density at radius 2 is 2.17 bits per heavy atom. The maximum atomic E-state index is 4.52. The van der Waals surface area contributed by atoms with Gasteiger partial charge >= 0.3 is 0 Å². The van der Waals surface area contributed by atoms with Gasteiger partial charge in [-0.25, -0.2) is 0 Å². The van der Waals surface area contributed by atoms with E-state index in [0.29, 0.717) is 17.5 Å². The van der Waals surface area contributed by atoms with Crippen molar-refractivity contribution in [2.75, 3.05) is 12.0 Å². The first-order valence-electron chi connectivity index (χ1n) is 8.87. The van der Waals surface area contributed by atoms with E-state index in [2.05, 4.69) is 38.4 Å². The van der Waals surface area contributed by atoms with E-state index in [4.69, 9.17) is 0 Å². The lowest BCUT2D eigenvalue weighted by Gasteiger charge is -2.49. The molecule has 0 saturated heterocycles. The van der Waals surface area contributed by atoms with Crippen molar-refractivity contribution < 1.29 is 0 Å². The van der Waals surface area contributed by atoms with Gasteiger partial charge in [-0.2, -0.15) is 11.8 Å². The quantitative estimate of drug-likeness (QED) is 0.874. The number of fused-ring (bicyclic) bond motifs is 1. The van der Waals surface area contributed by atoms with Gasteiger partial charge < -0.3 is 5.32 Å². The second-order valence-electron chi connectivity index (χ2n) is 7.15. The summed E-state index contributed by atoms with van der Waals surface area (Å²) in [6, 6.07) is 7.10. The second kappa shape index (κ2) is 6.44. The molecule has 2 atom stereocenters. The molecule has 124 valence electrons. The molecule has 2 aliphatic carbocycles. The fraction of sp³-hybridized carbons (Fsp3) is 0.667. The fourth-order valence-corrected chi connectivity index (χ4v) is 4.97. The Labute approximate surface area is 142 Å². The van der Waals surface area contributed by atoms with Gasteiger partial charge in [-0.05, 0) is 61.7 Å². The number of pyridine rings is 1. The zero-order valence-corrected chi connectivity index (χ0v) is 14.7. The summed E-state index contributed by atoms with van der Waals surface area (Å²) in [5.74, 6) is 2.23. The van der Waals surface area contributed by atoms with Gasteiger partial charge in [0.25, 0.3) is 0 Å². The summed E-state index contributed by atoms with van der Waals surface area (Å²) in [5, 5.41) is 12.8. The molecular formula is C18H26N4S. The first-order chi connectivity index (χ1) is 11.3. The number of nitrogens with one attached hydrogen (secondary N) is 1. The lowest BCUT2D eigenvalue weighted by Crippen LogP contribution is -2.53. The van der Waals surface area contributed by atoms with Crippen molar-refractivity contribution in [3.63, 3.8) is 0 Å². The minimum absolute atomic E-state index is 0.308. The highest BCUT2D eigenvalue weighted by Crippen LogP contribution is 2.53. The third-order valence-electron chi connectivity index (χ3n) is 5.93. The maximum Gasteiger partial charge on any atom is 0.160 e. The average molecular weight is 331 g/mol. The summed E-state index contributed by atoms with van der Waals surface area (Å²) < 4.78 is 2.15. The molecule has 2 aliphatic rings. The van der Waals surface area contributed by atoms with E-state index in [1.807, 2.05) is 23.9 Å². The molecule has 1 N–H and O–H groups in total. The number of rotatable bonds is 6. The molecule has 0 amide bonds. The van der Waals surface area contributed by atoms with Gasteiger partial charge in [0.05, 0.1) is 6.04 Å². The van der Waals surface area contributed by atoms with E-state index < -0.39 is 0 Å². The zero-order valence-electron chi connectivity index (χ0n) is 13.9. The molecule has 1 spiro atoms. The smallest absolute Gasteiger partial charge is 0.160 e. The van der Waals surface area contributed by atoms with Gasteiger partial charge in [-0.1, -0.05) is 18.9 Å². The predicted molar refractivity (Wildman–Crippen MR) is 95.8 cm³/mol. The maximum absolute atomic E-state index is 4.52. The number of hydrogen-bond donors (Lipinski definition) is 1. The summed E-state index contributed by atoms with van der Waals surface area (Å²) in [6.07, 6.45) is 13.8. The van der Waals surface area contributed by atoms with Crippen LogP contribution in [-0.2, 0) is 0 Å². The van der Waals surface area contributed by atoms with Crippen molar-refractivity contribution >= 4 is 17.4 Å². The molecular weight excluding hydrogens is 304 g/mol. The molecule has 2 aromatic heterocycles. The Morgan fingerprint density at radius 3 is 2.91 bits per heavy atom. The molecule has 2 aromatic rings. The number of hydrogen-bond acceptors (Lipinski definition) is 4. The van der Waals surface area contributed by atoms with Crippen LogP contribution in [-0.4, -0.2) is 32.6 Å².